The van der Waals surface area contributed by atoms with Gasteiger partial charge < -0.3 is 20.3 Å². The van der Waals surface area contributed by atoms with Crippen LogP contribution in [0.3, 0.4) is 0 Å². The molecule has 25 heavy (non-hydrogen) atoms. The third-order valence-electron chi connectivity index (χ3n) is 4.71. The fourth-order valence-corrected chi connectivity index (χ4v) is 3.28. The van der Waals surface area contributed by atoms with E-state index in [-0.39, 0.29) is 13.2 Å². The number of nitrogens with zero attached hydrogens (tertiary/aromatic N) is 2. The topological polar surface area (TPSA) is 87.5 Å². The molecule has 1 unspecified atom stereocenters. The first-order valence-corrected chi connectivity index (χ1v) is 9.19. The van der Waals surface area contributed by atoms with Crippen molar-refractivity contribution in [1.29, 1.82) is 0 Å². The van der Waals surface area contributed by atoms with E-state index in [1.807, 2.05) is 18.2 Å². The molecule has 3 rings (SSSR count). The van der Waals surface area contributed by atoms with Gasteiger partial charge in [0.15, 0.2) is 0 Å². The molecule has 6 heteroatoms. The number of aliphatic hydroxyl groups is 2. The van der Waals surface area contributed by atoms with Crippen LogP contribution in [-0.4, -0.2) is 45.5 Å². The van der Waals surface area contributed by atoms with Crippen LogP contribution >= 0.6 is 0 Å². The first-order chi connectivity index (χ1) is 12.3. The largest absolute Gasteiger partial charge is 0.491 e. The van der Waals surface area contributed by atoms with Crippen molar-refractivity contribution in [1.82, 2.24) is 9.97 Å². The predicted octanol–water partition coefficient (Wildman–Crippen LogP) is 2.89. The number of hydrogen-bond donors (Lipinski definition) is 3. The van der Waals surface area contributed by atoms with E-state index in [1.165, 1.54) is 44.9 Å². The van der Waals surface area contributed by atoms with Gasteiger partial charge in [-0.2, -0.15) is 0 Å². The summed E-state index contributed by atoms with van der Waals surface area (Å²) in [5.41, 5.74) is 0.860. The van der Waals surface area contributed by atoms with Gasteiger partial charge in [-0.15, -0.1) is 0 Å². The molecule has 1 aromatic heterocycles. The first-order valence-electron chi connectivity index (χ1n) is 9.19. The SMILES string of the molecule is OCC(O)COc1ccc2ncnc(NC3CCCCCCC3)c2c1. The van der Waals surface area contributed by atoms with Crippen molar-refractivity contribution in [3.63, 3.8) is 0 Å². The molecule has 0 saturated heterocycles. The standard InChI is InChI=1S/C19H27N3O3/c23-11-15(24)12-25-16-8-9-18-17(10-16)19(21-13-20-18)22-14-6-4-2-1-3-5-7-14/h8-10,13-15,23-24H,1-7,11-12H2,(H,20,21,22). The highest BCUT2D eigenvalue weighted by atomic mass is 16.5. The summed E-state index contributed by atoms with van der Waals surface area (Å²) < 4.78 is 5.55. The Balaban J connectivity index is 1.76. The summed E-state index contributed by atoms with van der Waals surface area (Å²) in [6, 6.07) is 6.05. The van der Waals surface area contributed by atoms with Crippen LogP contribution in [0.1, 0.15) is 44.9 Å². The van der Waals surface area contributed by atoms with Crippen molar-refractivity contribution in [3.8, 4) is 5.75 Å². The highest BCUT2D eigenvalue weighted by molar-refractivity contribution is 5.90. The maximum atomic E-state index is 9.44. The summed E-state index contributed by atoms with van der Waals surface area (Å²) in [6.07, 6.45) is 9.54. The van der Waals surface area contributed by atoms with Crippen molar-refractivity contribution in [2.24, 2.45) is 0 Å². The molecule has 0 aliphatic heterocycles. The lowest BCUT2D eigenvalue weighted by molar-refractivity contribution is 0.0536. The van der Waals surface area contributed by atoms with E-state index in [4.69, 9.17) is 9.84 Å². The summed E-state index contributed by atoms with van der Waals surface area (Å²) in [6.45, 7) is -0.258. The van der Waals surface area contributed by atoms with Gasteiger partial charge in [-0.25, -0.2) is 9.97 Å². The Morgan fingerprint density at radius 2 is 1.88 bits per heavy atom. The lowest BCUT2D eigenvalue weighted by atomic mass is 9.96. The number of nitrogens with one attached hydrogen (secondary N) is 1. The minimum Gasteiger partial charge on any atom is -0.491 e. The number of fused-ring (bicyclic) bond motifs is 1. The van der Waals surface area contributed by atoms with Gasteiger partial charge in [0, 0.05) is 11.4 Å². The second-order valence-electron chi connectivity index (χ2n) is 6.74. The van der Waals surface area contributed by atoms with Crippen molar-refractivity contribution < 1.29 is 14.9 Å². The highest BCUT2D eigenvalue weighted by Gasteiger charge is 2.14. The van der Waals surface area contributed by atoms with Crippen LogP contribution in [0.15, 0.2) is 24.5 Å². The number of anilines is 1. The molecule has 1 aliphatic rings. The van der Waals surface area contributed by atoms with Crippen LogP contribution in [0.25, 0.3) is 10.9 Å². The molecule has 1 aliphatic carbocycles. The fourth-order valence-electron chi connectivity index (χ4n) is 3.28. The van der Waals surface area contributed by atoms with Gasteiger partial charge >= 0.3 is 0 Å². The number of rotatable bonds is 6. The maximum Gasteiger partial charge on any atom is 0.137 e. The Labute approximate surface area is 148 Å². The lowest BCUT2D eigenvalue weighted by Crippen LogP contribution is -2.22. The number of benzene rings is 1. The molecule has 0 radical (unpaired) electrons. The highest BCUT2D eigenvalue weighted by Crippen LogP contribution is 2.27. The van der Waals surface area contributed by atoms with Crippen LogP contribution < -0.4 is 10.1 Å². The molecule has 1 aromatic carbocycles. The van der Waals surface area contributed by atoms with E-state index in [2.05, 4.69) is 15.3 Å². The van der Waals surface area contributed by atoms with Crippen LogP contribution in [0, 0.1) is 0 Å². The van der Waals surface area contributed by atoms with Gasteiger partial charge in [0.25, 0.3) is 0 Å². The molecule has 0 spiro atoms. The molecule has 1 fully saturated rings. The van der Waals surface area contributed by atoms with Crippen molar-refractivity contribution in [2.45, 2.75) is 57.1 Å². The number of hydrogen-bond acceptors (Lipinski definition) is 6. The van der Waals surface area contributed by atoms with E-state index in [0.29, 0.717) is 11.8 Å². The summed E-state index contributed by atoms with van der Waals surface area (Å²) in [5.74, 6) is 1.47. The second kappa shape index (κ2) is 8.97. The molecule has 136 valence electrons. The normalized spacial score (nSPS) is 17.7. The second-order valence-corrected chi connectivity index (χ2v) is 6.74. The maximum absolute atomic E-state index is 9.44. The molecule has 1 atom stereocenters. The van der Waals surface area contributed by atoms with E-state index >= 15 is 0 Å². The van der Waals surface area contributed by atoms with Crippen LogP contribution in [0.4, 0.5) is 5.82 Å². The number of aromatic nitrogens is 2. The van der Waals surface area contributed by atoms with Gasteiger partial charge in [-0.3, -0.25) is 0 Å². The van der Waals surface area contributed by atoms with Crippen LogP contribution in [0.5, 0.6) is 5.75 Å². The third kappa shape index (κ3) is 5.03. The lowest BCUT2D eigenvalue weighted by Gasteiger charge is -2.22. The van der Waals surface area contributed by atoms with Crippen molar-refractivity contribution in [3.05, 3.63) is 24.5 Å². The van der Waals surface area contributed by atoms with Crippen molar-refractivity contribution in [2.75, 3.05) is 18.5 Å². The Bertz CT molecular complexity index is 672. The quantitative estimate of drug-likeness (QED) is 0.746. The summed E-state index contributed by atoms with van der Waals surface area (Å²) in [7, 11) is 0. The molecule has 6 nitrogen and oxygen atoms in total. The van der Waals surface area contributed by atoms with Crippen LogP contribution in [-0.2, 0) is 0 Å². The first kappa shape index (κ1) is 17.9. The summed E-state index contributed by atoms with van der Waals surface area (Å²) >= 11 is 0. The molecule has 0 bridgehead atoms. The third-order valence-corrected chi connectivity index (χ3v) is 4.71. The van der Waals surface area contributed by atoms with Gasteiger partial charge in [-0.05, 0) is 31.0 Å². The van der Waals surface area contributed by atoms with E-state index in [9.17, 15) is 5.11 Å². The fraction of sp³-hybridized carbons (Fsp3) is 0.579. The Hall–Kier alpha value is -1.92. The average Bonchev–Trinajstić information content (AvgIpc) is 2.62. The van der Waals surface area contributed by atoms with Gasteiger partial charge in [0.2, 0.25) is 0 Å². The smallest absolute Gasteiger partial charge is 0.137 e. The molecular formula is C19H27N3O3. The minimum absolute atomic E-state index is 0.0566. The van der Waals surface area contributed by atoms with E-state index < -0.39 is 6.10 Å². The Morgan fingerprint density at radius 3 is 2.64 bits per heavy atom. The molecule has 3 N–H and O–H groups in total. The summed E-state index contributed by atoms with van der Waals surface area (Å²) in [4.78, 5) is 8.77. The van der Waals surface area contributed by atoms with E-state index in [1.54, 1.807) is 6.33 Å². The van der Waals surface area contributed by atoms with E-state index in [0.717, 1.165) is 16.7 Å². The van der Waals surface area contributed by atoms with Crippen LogP contribution in [0.2, 0.25) is 0 Å². The Kier molecular flexibility index (Phi) is 6.42. The zero-order valence-corrected chi connectivity index (χ0v) is 14.5. The van der Waals surface area contributed by atoms with Gasteiger partial charge in [-0.1, -0.05) is 32.1 Å². The average molecular weight is 345 g/mol. The molecule has 0 amide bonds. The molecular weight excluding hydrogens is 318 g/mol. The van der Waals surface area contributed by atoms with Crippen molar-refractivity contribution >= 4 is 16.7 Å². The zero-order valence-electron chi connectivity index (χ0n) is 14.5. The zero-order chi connectivity index (χ0) is 17.5. The minimum atomic E-state index is -0.879. The monoisotopic (exact) mass is 345 g/mol. The molecule has 1 heterocycles. The van der Waals surface area contributed by atoms with Gasteiger partial charge in [0.05, 0.1) is 12.1 Å². The number of ether oxygens (including phenoxy) is 1. The Morgan fingerprint density at radius 1 is 1.12 bits per heavy atom. The van der Waals surface area contributed by atoms with Gasteiger partial charge in [0.1, 0.15) is 30.6 Å². The predicted molar refractivity (Wildman–Crippen MR) is 97.9 cm³/mol. The summed E-state index contributed by atoms with van der Waals surface area (Å²) in [5, 5.41) is 22.9. The molecule has 1 saturated carbocycles. The molecule has 2 aromatic rings. The number of aliphatic hydroxyl groups excluding tert-OH is 2.